The second kappa shape index (κ2) is 10.4. The van der Waals surface area contributed by atoms with Gasteiger partial charge in [-0.15, -0.1) is 0 Å². The Hall–Kier alpha value is -2.58. The fourth-order valence-corrected chi connectivity index (χ4v) is 4.53. The Morgan fingerprint density at radius 3 is 2.07 bits per heavy atom. The Morgan fingerprint density at radius 1 is 0.867 bits per heavy atom. The van der Waals surface area contributed by atoms with Gasteiger partial charge in [0.15, 0.2) is 0 Å². The van der Waals surface area contributed by atoms with Gasteiger partial charge in [0.05, 0.1) is 19.3 Å². The number of aliphatic hydroxyl groups is 1. The van der Waals surface area contributed by atoms with Crippen molar-refractivity contribution in [3.63, 3.8) is 0 Å². The Morgan fingerprint density at radius 2 is 1.43 bits per heavy atom. The van der Waals surface area contributed by atoms with Gasteiger partial charge in [-0.25, -0.2) is 12.8 Å². The van der Waals surface area contributed by atoms with Crippen molar-refractivity contribution < 1.29 is 22.7 Å². The van der Waals surface area contributed by atoms with E-state index in [1.165, 1.54) is 18.2 Å². The van der Waals surface area contributed by atoms with Crippen LogP contribution in [0.4, 0.5) is 4.39 Å². The third-order valence-electron chi connectivity index (χ3n) is 4.49. The van der Waals surface area contributed by atoms with E-state index in [2.05, 4.69) is 0 Å². The second-order valence-electron chi connectivity index (χ2n) is 6.87. The molecule has 0 spiro atoms. The topological polar surface area (TPSA) is 66.8 Å². The summed E-state index contributed by atoms with van der Waals surface area (Å²) in [6.45, 7) is 0.0389. The molecule has 0 bridgehead atoms. The Kier molecular flexibility index (Phi) is 7.70. The smallest absolute Gasteiger partial charge is 0.246 e. The molecule has 0 amide bonds. The predicted molar refractivity (Wildman–Crippen MR) is 113 cm³/mol. The SMILES string of the molecule is O=S(=O)(c1ccccc1F)N(Cc1ccccc1)CC(O)COCc1ccccc1. The van der Waals surface area contributed by atoms with Gasteiger partial charge >= 0.3 is 0 Å². The molecule has 0 aliphatic carbocycles. The van der Waals surface area contributed by atoms with E-state index in [9.17, 15) is 17.9 Å². The molecule has 0 aliphatic rings. The molecule has 1 unspecified atom stereocenters. The number of ether oxygens (including phenoxy) is 1. The molecule has 0 saturated carbocycles. The standard InChI is InChI=1S/C23H24FNO4S/c24-22-13-7-8-14-23(22)30(27,28)25(15-19-9-3-1-4-10-19)16-21(26)18-29-17-20-11-5-2-6-12-20/h1-14,21,26H,15-18H2. The van der Waals surface area contributed by atoms with E-state index in [1.807, 2.05) is 36.4 Å². The quantitative estimate of drug-likeness (QED) is 0.535. The van der Waals surface area contributed by atoms with E-state index in [0.29, 0.717) is 6.61 Å². The van der Waals surface area contributed by atoms with E-state index in [1.54, 1.807) is 24.3 Å². The van der Waals surface area contributed by atoms with Gasteiger partial charge in [0.25, 0.3) is 0 Å². The number of hydrogen-bond acceptors (Lipinski definition) is 4. The van der Waals surface area contributed by atoms with Crippen LogP contribution in [-0.4, -0.2) is 37.1 Å². The third kappa shape index (κ3) is 5.96. The molecule has 1 atom stereocenters. The van der Waals surface area contributed by atoms with Crippen molar-refractivity contribution in [1.82, 2.24) is 4.31 Å². The molecule has 0 radical (unpaired) electrons. The minimum absolute atomic E-state index is 0.00720. The minimum atomic E-state index is -4.16. The lowest BCUT2D eigenvalue weighted by Crippen LogP contribution is -2.39. The summed E-state index contributed by atoms with van der Waals surface area (Å²) >= 11 is 0. The summed E-state index contributed by atoms with van der Waals surface area (Å²) in [6, 6.07) is 23.7. The van der Waals surface area contributed by atoms with Crippen molar-refractivity contribution >= 4 is 10.0 Å². The molecular formula is C23H24FNO4S. The first-order valence-corrected chi connectivity index (χ1v) is 11.0. The largest absolute Gasteiger partial charge is 0.389 e. The summed E-state index contributed by atoms with van der Waals surface area (Å²) in [7, 11) is -4.16. The first-order valence-electron chi connectivity index (χ1n) is 9.55. The molecule has 158 valence electrons. The first kappa shape index (κ1) is 22.1. The number of sulfonamides is 1. The minimum Gasteiger partial charge on any atom is -0.389 e. The van der Waals surface area contributed by atoms with Crippen LogP contribution in [0.1, 0.15) is 11.1 Å². The van der Waals surface area contributed by atoms with Gasteiger partial charge in [0.1, 0.15) is 10.7 Å². The van der Waals surface area contributed by atoms with Crippen molar-refractivity contribution in [2.75, 3.05) is 13.2 Å². The highest BCUT2D eigenvalue weighted by Crippen LogP contribution is 2.21. The second-order valence-corrected chi connectivity index (χ2v) is 8.77. The van der Waals surface area contributed by atoms with Crippen LogP contribution in [0.3, 0.4) is 0 Å². The summed E-state index contributed by atoms with van der Waals surface area (Å²) in [6.07, 6.45) is -1.07. The van der Waals surface area contributed by atoms with Crippen molar-refractivity contribution in [2.45, 2.75) is 24.2 Å². The molecule has 3 aromatic rings. The van der Waals surface area contributed by atoms with Crippen molar-refractivity contribution in [3.8, 4) is 0 Å². The van der Waals surface area contributed by atoms with E-state index < -0.39 is 26.8 Å². The van der Waals surface area contributed by atoms with Crippen LogP contribution in [0.2, 0.25) is 0 Å². The highest BCUT2D eigenvalue weighted by Gasteiger charge is 2.29. The van der Waals surface area contributed by atoms with E-state index in [4.69, 9.17) is 4.74 Å². The molecule has 3 aromatic carbocycles. The lowest BCUT2D eigenvalue weighted by atomic mass is 10.2. The molecule has 1 N–H and O–H groups in total. The zero-order chi connectivity index (χ0) is 21.4. The number of benzene rings is 3. The average Bonchev–Trinajstić information content (AvgIpc) is 2.75. The van der Waals surface area contributed by atoms with Gasteiger partial charge in [-0.2, -0.15) is 4.31 Å². The van der Waals surface area contributed by atoms with Crippen molar-refractivity contribution in [3.05, 3.63) is 102 Å². The molecule has 0 aliphatic heterocycles. The van der Waals surface area contributed by atoms with Crippen LogP contribution in [0.5, 0.6) is 0 Å². The van der Waals surface area contributed by atoms with Crippen molar-refractivity contribution in [1.29, 1.82) is 0 Å². The average molecular weight is 430 g/mol. The van der Waals surface area contributed by atoms with Crippen LogP contribution in [0, 0.1) is 5.82 Å². The number of rotatable bonds is 10. The Balaban J connectivity index is 1.73. The van der Waals surface area contributed by atoms with Crippen LogP contribution in [0.15, 0.2) is 89.8 Å². The zero-order valence-corrected chi connectivity index (χ0v) is 17.2. The van der Waals surface area contributed by atoms with Gasteiger partial charge in [0.2, 0.25) is 10.0 Å². The van der Waals surface area contributed by atoms with Gasteiger partial charge in [-0.05, 0) is 23.3 Å². The summed E-state index contributed by atoms with van der Waals surface area (Å²) < 4.78 is 47.1. The summed E-state index contributed by atoms with van der Waals surface area (Å²) in [4.78, 5) is -0.418. The van der Waals surface area contributed by atoms with Gasteiger partial charge in [0, 0.05) is 13.1 Å². The number of halogens is 1. The van der Waals surface area contributed by atoms with E-state index in [-0.39, 0.29) is 19.7 Å². The van der Waals surface area contributed by atoms with Crippen LogP contribution in [-0.2, 0) is 27.9 Å². The van der Waals surface area contributed by atoms with Gasteiger partial charge < -0.3 is 9.84 Å². The maximum Gasteiger partial charge on any atom is 0.246 e. The highest BCUT2D eigenvalue weighted by atomic mass is 32.2. The van der Waals surface area contributed by atoms with Gasteiger partial charge in [-0.3, -0.25) is 0 Å². The summed E-state index contributed by atoms with van der Waals surface area (Å²) in [5.41, 5.74) is 1.68. The lowest BCUT2D eigenvalue weighted by Gasteiger charge is -2.25. The maximum atomic E-state index is 14.2. The molecule has 0 aromatic heterocycles. The zero-order valence-electron chi connectivity index (χ0n) is 16.4. The number of aliphatic hydroxyl groups excluding tert-OH is 1. The maximum absolute atomic E-state index is 14.2. The molecule has 7 heteroatoms. The summed E-state index contributed by atoms with van der Waals surface area (Å²) in [5.74, 6) is -0.828. The molecular weight excluding hydrogens is 405 g/mol. The van der Waals surface area contributed by atoms with Crippen LogP contribution in [0.25, 0.3) is 0 Å². The Labute approximate surface area is 176 Å². The monoisotopic (exact) mass is 429 g/mol. The molecule has 3 rings (SSSR count). The fraction of sp³-hybridized carbons (Fsp3) is 0.217. The molecule has 30 heavy (non-hydrogen) atoms. The molecule has 0 heterocycles. The summed E-state index contributed by atoms with van der Waals surface area (Å²) in [5, 5.41) is 10.4. The van der Waals surface area contributed by atoms with Crippen LogP contribution < -0.4 is 0 Å². The molecule has 0 saturated heterocycles. The van der Waals surface area contributed by atoms with Gasteiger partial charge in [-0.1, -0.05) is 72.8 Å². The third-order valence-corrected chi connectivity index (χ3v) is 6.34. The van der Waals surface area contributed by atoms with E-state index >= 15 is 0 Å². The Bertz CT molecular complexity index is 1030. The first-order chi connectivity index (χ1) is 14.5. The van der Waals surface area contributed by atoms with Crippen LogP contribution >= 0.6 is 0 Å². The number of nitrogens with zero attached hydrogens (tertiary/aromatic N) is 1. The normalized spacial score (nSPS) is 12.8. The molecule has 5 nitrogen and oxygen atoms in total. The fourth-order valence-electron chi connectivity index (χ4n) is 3.00. The highest BCUT2D eigenvalue weighted by molar-refractivity contribution is 7.89. The molecule has 0 fully saturated rings. The lowest BCUT2D eigenvalue weighted by molar-refractivity contribution is 0.0196. The predicted octanol–water partition coefficient (Wildman–Crippen LogP) is 3.59. The van der Waals surface area contributed by atoms with E-state index in [0.717, 1.165) is 21.5 Å². The number of hydrogen-bond donors (Lipinski definition) is 1. The van der Waals surface area contributed by atoms with Crippen molar-refractivity contribution in [2.24, 2.45) is 0 Å².